The number of nitrogens with two attached hydrogens (primary N) is 1. The third kappa shape index (κ3) is 2.97. The Morgan fingerprint density at radius 1 is 1.33 bits per heavy atom. The summed E-state index contributed by atoms with van der Waals surface area (Å²) >= 11 is 1.64. The fourth-order valence-corrected chi connectivity index (χ4v) is 2.52. The molecule has 0 aliphatic carbocycles. The number of amides is 1. The second-order valence-corrected chi connectivity index (χ2v) is 5.13. The van der Waals surface area contributed by atoms with Gasteiger partial charge in [-0.1, -0.05) is 30.3 Å². The number of hydrogen-bond donors (Lipinski definition) is 2. The zero-order valence-corrected chi connectivity index (χ0v) is 11.0. The number of benzene rings is 1. The number of rotatable bonds is 4. The van der Waals surface area contributed by atoms with Crippen LogP contribution < -0.4 is 11.1 Å². The third-order valence-electron chi connectivity index (χ3n) is 2.83. The fraction of sp³-hybridized carbons (Fsp3) is 0.214. The summed E-state index contributed by atoms with van der Waals surface area (Å²) in [6.07, 6.45) is 0. The lowest BCUT2D eigenvalue weighted by molar-refractivity contribution is -0.122. The van der Waals surface area contributed by atoms with E-state index >= 15 is 0 Å². The van der Waals surface area contributed by atoms with Gasteiger partial charge in [0.2, 0.25) is 5.91 Å². The Labute approximate surface area is 111 Å². The van der Waals surface area contributed by atoms with Crippen molar-refractivity contribution in [3.63, 3.8) is 0 Å². The molecule has 0 fully saturated rings. The van der Waals surface area contributed by atoms with Gasteiger partial charge in [0.25, 0.3) is 0 Å². The molecular weight excluding hydrogens is 244 g/mol. The second kappa shape index (κ2) is 5.80. The van der Waals surface area contributed by atoms with Crippen LogP contribution in [-0.2, 0) is 11.3 Å². The second-order valence-electron chi connectivity index (χ2n) is 4.13. The molecule has 0 saturated heterocycles. The highest BCUT2D eigenvalue weighted by Gasteiger charge is 2.15. The molecule has 1 unspecified atom stereocenters. The molecule has 94 valence electrons. The van der Waals surface area contributed by atoms with Crippen molar-refractivity contribution in [2.75, 3.05) is 0 Å². The van der Waals surface area contributed by atoms with Crippen molar-refractivity contribution in [1.29, 1.82) is 0 Å². The van der Waals surface area contributed by atoms with Crippen LogP contribution in [0.5, 0.6) is 0 Å². The smallest absolute Gasteiger partial charge is 0.241 e. The van der Waals surface area contributed by atoms with Gasteiger partial charge in [-0.25, -0.2) is 0 Å². The fourth-order valence-electron chi connectivity index (χ4n) is 1.67. The largest absolute Gasteiger partial charge is 0.350 e. The SMILES string of the molecule is Cc1ccsc1CNC(=O)C(N)c1ccccc1. The zero-order chi connectivity index (χ0) is 13.0. The highest BCUT2D eigenvalue weighted by Crippen LogP contribution is 2.15. The van der Waals surface area contributed by atoms with Crippen LogP contribution >= 0.6 is 11.3 Å². The normalized spacial score (nSPS) is 12.1. The van der Waals surface area contributed by atoms with Gasteiger partial charge in [-0.05, 0) is 29.5 Å². The Hall–Kier alpha value is -1.65. The molecule has 2 aromatic rings. The van der Waals surface area contributed by atoms with Crippen molar-refractivity contribution >= 4 is 17.2 Å². The summed E-state index contributed by atoms with van der Waals surface area (Å²) in [5, 5.41) is 4.89. The Morgan fingerprint density at radius 2 is 2.06 bits per heavy atom. The van der Waals surface area contributed by atoms with E-state index < -0.39 is 6.04 Å². The van der Waals surface area contributed by atoms with Gasteiger partial charge < -0.3 is 11.1 Å². The summed E-state index contributed by atoms with van der Waals surface area (Å²) in [5.74, 6) is -0.144. The van der Waals surface area contributed by atoms with E-state index in [1.54, 1.807) is 11.3 Å². The molecule has 0 bridgehead atoms. The standard InChI is InChI=1S/C14H16N2OS/c1-10-7-8-18-12(10)9-16-14(17)13(15)11-5-3-2-4-6-11/h2-8,13H,9,15H2,1H3,(H,16,17). The average molecular weight is 260 g/mol. The molecule has 0 spiro atoms. The van der Waals surface area contributed by atoms with E-state index in [4.69, 9.17) is 5.73 Å². The van der Waals surface area contributed by atoms with Crippen LogP contribution in [0.3, 0.4) is 0 Å². The summed E-state index contributed by atoms with van der Waals surface area (Å²) in [5.41, 5.74) is 7.94. The summed E-state index contributed by atoms with van der Waals surface area (Å²) in [4.78, 5) is 13.1. The van der Waals surface area contributed by atoms with Crippen molar-refractivity contribution in [1.82, 2.24) is 5.32 Å². The molecule has 3 nitrogen and oxygen atoms in total. The van der Waals surface area contributed by atoms with Crippen LogP contribution in [0.1, 0.15) is 22.0 Å². The Morgan fingerprint density at radius 3 is 2.67 bits per heavy atom. The minimum atomic E-state index is -0.605. The third-order valence-corrected chi connectivity index (χ3v) is 3.86. The molecule has 18 heavy (non-hydrogen) atoms. The number of aryl methyl sites for hydroxylation is 1. The zero-order valence-electron chi connectivity index (χ0n) is 10.2. The van der Waals surface area contributed by atoms with Gasteiger partial charge in [0.15, 0.2) is 0 Å². The van der Waals surface area contributed by atoms with Crippen LogP contribution in [0.2, 0.25) is 0 Å². The van der Waals surface area contributed by atoms with E-state index in [0.29, 0.717) is 6.54 Å². The highest BCUT2D eigenvalue weighted by atomic mass is 32.1. The highest BCUT2D eigenvalue weighted by molar-refractivity contribution is 7.10. The van der Waals surface area contributed by atoms with Crippen molar-refractivity contribution < 1.29 is 4.79 Å². The van der Waals surface area contributed by atoms with Crippen molar-refractivity contribution in [2.45, 2.75) is 19.5 Å². The maximum Gasteiger partial charge on any atom is 0.241 e. The molecule has 1 heterocycles. The number of thiophene rings is 1. The molecule has 2 rings (SSSR count). The number of carbonyl (C=O) groups is 1. The van der Waals surface area contributed by atoms with Gasteiger partial charge in [-0.3, -0.25) is 4.79 Å². The molecule has 1 aromatic heterocycles. The quantitative estimate of drug-likeness (QED) is 0.886. The lowest BCUT2D eigenvalue weighted by Crippen LogP contribution is -2.33. The topological polar surface area (TPSA) is 55.1 Å². The van der Waals surface area contributed by atoms with Crippen LogP contribution in [-0.4, -0.2) is 5.91 Å². The number of carbonyl (C=O) groups excluding carboxylic acids is 1. The van der Waals surface area contributed by atoms with Gasteiger partial charge in [0.1, 0.15) is 6.04 Å². The predicted molar refractivity (Wildman–Crippen MR) is 74.3 cm³/mol. The lowest BCUT2D eigenvalue weighted by atomic mass is 10.1. The maximum atomic E-state index is 11.9. The minimum absolute atomic E-state index is 0.144. The van der Waals surface area contributed by atoms with Gasteiger partial charge in [-0.2, -0.15) is 0 Å². The van der Waals surface area contributed by atoms with Crippen molar-refractivity contribution in [2.24, 2.45) is 5.73 Å². The van der Waals surface area contributed by atoms with Gasteiger partial charge in [0, 0.05) is 4.88 Å². The lowest BCUT2D eigenvalue weighted by Gasteiger charge is -2.12. The Kier molecular flexibility index (Phi) is 4.12. The summed E-state index contributed by atoms with van der Waals surface area (Å²) in [6.45, 7) is 2.58. The molecule has 0 saturated carbocycles. The molecule has 1 atom stereocenters. The molecule has 0 aliphatic heterocycles. The van der Waals surface area contributed by atoms with Crippen LogP contribution in [0.25, 0.3) is 0 Å². The van der Waals surface area contributed by atoms with Gasteiger partial charge in [0.05, 0.1) is 6.54 Å². The van der Waals surface area contributed by atoms with Crippen LogP contribution in [0.15, 0.2) is 41.8 Å². The number of nitrogens with one attached hydrogen (secondary N) is 1. The molecule has 0 aliphatic rings. The van der Waals surface area contributed by atoms with E-state index in [9.17, 15) is 4.79 Å². The predicted octanol–water partition coefficient (Wildman–Crippen LogP) is 2.37. The molecular formula is C14H16N2OS. The van der Waals surface area contributed by atoms with E-state index in [-0.39, 0.29) is 5.91 Å². The first kappa shape index (κ1) is 12.8. The first-order valence-electron chi connectivity index (χ1n) is 5.79. The van der Waals surface area contributed by atoms with Crippen LogP contribution in [0, 0.1) is 6.92 Å². The van der Waals surface area contributed by atoms with E-state index in [2.05, 4.69) is 5.32 Å². The molecule has 0 radical (unpaired) electrons. The molecule has 1 aromatic carbocycles. The first-order valence-corrected chi connectivity index (χ1v) is 6.67. The average Bonchev–Trinajstić information content (AvgIpc) is 2.81. The van der Waals surface area contributed by atoms with Crippen molar-refractivity contribution in [3.05, 3.63) is 57.8 Å². The molecule has 1 amide bonds. The van der Waals surface area contributed by atoms with Gasteiger partial charge in [-0.15, -0.1) is 11.3 Å². The van der Waals surface area contributed by atoms with Gasteiger partial charge >= 0.3 is 0 Å². The van der Waals surface area contributed by atoms with E-state index in [1.807, 2.05) is 48.7 Å². The Bertz CT molecular complexity index is 522. The minimum Gasteiger partial charge on any atom is -0.350 e. The summed E-state index contributed by atoms with van der Waals surface area (Å²) < 4.78 is 0. The molecule has 3 N–H and O–H groups in total. The summed E-state index contributed by atoms with van der Waals surface area (Å²) in [6, 6.07) is 10.8. The summed E-state index contributed by atoms with van der Waals surface area (Å²) in [7, 11) is 0. The van der Waals surface area contributed by atoms with E-state index in [0.717, 1.165) is 5.56 Å². The monoisotopic (exact) mass is 260 g/mol. The molecule has 4 heteroatoms. The first-order chi connectivity index (χ1) is 8.68. The number of hydrogen-bond acceptors (Lipinski definition) is 3. The maximum absolute atomic E-state index is 11.9. The Balaban J connectivity index is 1.95. The van der Waals surface area contributed by atoms with Crippen molar-refractivity contribution in [3.8, 4) is 0 Å². The van der Waals surface area contributed by atoms with Crippen LogP contribution in [0.4, 0.5) is 0 Å². The van der Waals surface area contributed by atoms with E-state index in [1.165, 1.54) is 10.4 Å².